The summed E-state index contributed by atoms with van der Waals surface area (Å²) in [6.07, 6.45) is 1.18. The average Bonchev–Trinajstić information content (AvgIpc) is 2.61. The van der Waals surface area contributed by atoms with Gasteiger partial charge in [-0.2, -0.15) is 11.8 Å². The number of carboxylic acid groups (broad SMARTS) is 1. The number of carboxylic acids is 1. The zero-order valence-corrected chi connectivity index (χ0v) is 14.6. The van der Waals surface area contributed by atoms with E-state index < -0.39 is 36.7 Å². The minimum atomic E-state index is -1.29. The molecule has 25 heavy (non-hydrogen) atoms. The number of aliphatic carboxylic acids is 1. The van der Waals surface area contributed by atoms with Crippen LogP contribution in [0.25, 0.3) is 0 Å². The van der Waals surface area contributed by atoms with Crippen molar-refractivity contribution < 1.29 is 29.3 Å². The molecule has 0 aliphatic carbocycles. The van der Waals surface area contributed by atoms with Gasteiger partial charge in [-0.25, -0.2) is 9.59 Å². The molecule has 2 amide bonds. The molecule has 0 aliphatic heterocycles. The van der Waals surface area contributed by atoms with Crippen LogP contribution in [0, 0.1) is 0 Å². The van der Waals surface area contributed by atoms with Gasteiger partial charge < -0.3 is 25.6 Å². The van der Waals surface area contributed by atoms with Crippen molar-refractivity contribution in [3.63, 3.8) is 0 Å². The molecule has 0 bridgehead atoms. The number of alkyl carbamates (subject to hydrolysis) is 1. The topological polar surface area (TPSA) is 125 Å². The lowest BCUT2D eigenvalue weighted by atomic mass is 10.2. The maximum absolute atomic E-state index is 12.1. The molecule has 1 aromatic rings. The minimum absolute atomic E-state index is 0.0118. The number of aliphatic hydroxyl groups is 1. The first-order chi connectivity index (χ1) is 12.0. The van der Waals surface area contributed by atoms with Crippen LogP contribution in [-0.4, -0.2) is 58.9 Å². The van der Waals surface area contributed by atoms with Gasteiger partial charge in [0.2, 0.25) is 5.91 Å². The third kappa shape index (κ3) is 7.90. The summed E-state index contributed by atoms with van der Waals surface area (Å²) in [4.78, 5) is 34.9. The molecule has 0 spiro atoms. The predicted molar refractivity (Wildman–Crippen MR) is 93.2 cm³/mol. The molecule has 0 saturated heterocycles. The maximum Gasteiger partial charge on any atom is 0.408 e. The lowest BCUT2D eigenvalue weighted by Gasteiger charge is -2.19. The highest BCUT2D eigenvalue weighted by atomic mass is 32.2. The van der Waals surface area contributed by atoms with Gasteiger partial charge in [-0.1, -0.05) is 30.3 Å². The summed E-state index contributed by atoms with van der Waals surface area (Å²) in [5.41, 5.74) is 0.769. The maximum atomic E-state index is 12.1. The highest BCUT2D eigenvalue weighted by Crippen LogP contribution is 2.03. The molecular formula is C16H22N2O6S. The Morgan fingerprint density at radius 2 is 1.84 bits per heavy atom. The number of hydrogen-bond acceptors (Lipinski definition) is 6. The standard InChI is InChI=1S/C16H22N2O6S/c1-25-8-7-12(15(21)22)17-14(20)13(9-19)18-16(23)24-10-11-5-3-2-4-6-11/h2-6,12-13,19H,7-10H2,1H3,(H,17,20)(H,18,23)(H,21,22)/t12-,13+/m1/s1. The number of rotatable bonds is 10. The third-order valence-electron chi connectivity index (χ3n) is 3.23. The fourth-order valence-electron chi connectivity index (χ4n) is 1.87. The Bertz CT molecular complexity index is 569. The van der Waals surface area contributed by atoms with Gasteiger partial charge in [-0.15, -0.1) is 0 Å². The Morgan fingerprint density at radius 1 is 1.16 bits per heavy atom. The van der Waals surface area contributed by atoms with Gasteiger partial charge in [-0.05, 0) is 24.0 Å². The summed E-state index contributed by atoms with van der Waals surface area (Å²) in [6, 6.07) is 6.57. The van der Waals surface area contributed by atoms with Gasteiger partial charge in [0.05, 0.1) is 6.61 Å². The van der Waals surface area contributed by atoms with Crippen molar-refractivity contribution in [1.29, 1.82) is 0 Å². The lowest BCUT2D eigenvalue weighted by Crippen LogP contribution is -2.53. The Kier molecular flexibility index (Phi) is 9.41. The number of ether oxygens (including phenoxy) is 1. The quantitative estimate of drug-likeness (QED) is 0.475. The molecule has 0 radical (unpaired) electrons. The molecule has 4 N–H and O–H groups in total. The molecule has 0 aromatic heterocycles. The fourth-order valence-corrected chi connectivity index (χ4v) is 2.34. The van der Waals surface area contributed by atoms with E-state index in [0.29, 0.717) is 5.75 Å². The van der Waals surface area contributed by atoms with E-state index in [4.69, 9.17) is 9.84 Å². The number of thioether (sulfide) groups is 1. The summed E-state index contributed by atoms with van der Waals surface area (Å²) < 4.78 is 4.97. The second-order valence-electron chi connectivity index (χ2n) is 5.12. The molecule has 138 valence electrons. The number of aliphatic hydroxyl groups excluding tert-OH is 1. The van der Waals surface area contributed by atoms with Crippen LogP contribution >= 0.6 is 11.8 Å². The van der Waals surface area contributed by atoms with Gasteiger partial charge in [0, 0.05) is 0 Å². The molecule has 9 heteroatoms. The highest BCUT2D eigenvalue weighted by Gasteiger charge is 2.26. The van der Waals surface area contributed by atoms with Gasteiger partial charge in [0.1, 0.15) is 18.7 Å². The zero-order chi connectivity index (χ0) is 18.7. The number of carbonyl (C=O) groups excluding carboxylic acids is 2. The molecule has 1 rings (SSSR count). The summed E-state index contributed by atoms with van der Waals surface area (Å²) in [6.45, 7) is -0.668. The summed E-state index contributed by atoms with van der Waals surface area (Å²) in [5.74, 6) is -1.41. The molecule has 0 saturated carbocycles. The summed E-state index contributed by atoms with van der Waals surface area (Å²) in [7, 11) is 0. The van der Waals surface area contributed by atoms with Crippen molar-refractivity contribution in [3.05, 3.63) is 35.9 Å². The average molecular weight is 370 g/mol. The van der Waals surface area contributed by atoms with Crippen LogP contribution in [0.1, 0.15) is 12.0 Å². The minimum Gasteiger partial charge on any atom is -0.480 e. The normalized spacial score (nSPS) is 12.7. The number of nitrogens with one attached hydrogen (secondary N) is 2. The van der Waals surface area contributed by atoms with Crippen molar-refractivity contribution in [2.45, 2.75) is 25.1 Å². The Hall–Kier alpha value is -2.26. The van der Waals surface area contributed by atoms with E-state index in [1.807, 2.05) is 12.3 Å². The summed E-state index contributed by atoms with van der Waals surface area (Å²) >= 11 is 1.45. The van der Waals surface area contributed by atoms with Crippen molar-refractivity contribution in [1.82, 2.24) is 10.6 Å². The fraction of sp³-hybridized carbons (Fsp3) is 0.438. The van der Waals surface area contributed by atoms with Crippen LogP contribution in [-0.2, 0) is 20.9 Å². The first kappa shape index (κ1) is 20.8. The van der Waals surface area contributed by atoms with Crippen molar-refractivity contribution in [2.75, 3.05) is 18.6 Å². The first-order valence-electron chi connectivity index (χ1n) is 7.58. The number of hydrogen-bond donors (Lipinski definition) is 4. The van der Waals surface area contributed by atoms with Gasteiger partial charge in [0.15, 0.2) is 0 Å². The monoisotopic (exact) mass is 370 g/mol. The Balaban J connectivity index is 2.51. The van der Waals surface area contributed by atoms with Crippen molar-refractivity contribution in [3.8, 4) is 0 Å². The van der Waals surface area contributed by atoms with E-state index in [1.54, 1.807) is 24.3 Å². The van der Waals surface area contributed by atoms with Gasteiger partial charge >= 0.3 is 12.1 Å². The Morgan fingerprint density at radius 3 is 2.40 bits per heavy atom. The van der Waals surface area contributed by atoms with Crippen LogP contribution < -0.4 is 10.6 Å². The zero-order valence-electron chi connectivity index (χ0n) is 13.8. The predicted octanol–water partition coefficient (Wildman–Crippen LogP) is 0.596. The lowest BCUT2D eigenvalue weighted by molar-refractivity contribution is -0.142. The number of amides is 2. The van der Waals surface area contributed by atoms with Crippen LogP contribution in [0.3, 0.4) is 0 Å². The highest BCUT2D eigenvalue weighted by molar-refractivity contribution is 7.98. The first-order valence-corrected chi connectivity index (χ1v) is 8.97. The molecular weight excluding hydrogens is 348 g/mol. The van der Waals surface area contributed by atoms with E-state index in [-0.39, 0.29) is 13.0 Å². The SMILES string of the molecule is CSCC[C@@H](NC(=O)[C@H](CO)NC(=O)OCc1ccccc1)C(=O)O. The second kappa shape index (κ2) is 11.3. The van der Waals surface area contributed by atoms with Crippen molar-refractivity contribution in [2.24, 2.45) is 0 Å². The van der Waals surface area contributed by atoms with E-state index in [0.717, 1.165) is 5.56 Å². The number of carbonyl (C=O) groups is 3. The molecule has 1 aromatic carbocycles. The molecule has 2 atom stereocenters. The molecule has 0 fully saturated rings. The van der Waals surface area contributed by atoms with Crippen LogP contribution in [0.15, 0.2) is 30.3 Å². The molecule has 0 heterocycles. The van der Waals surface area contributed by atoms with Crippen LogP contribution in [0.4, 0.5) is 4.79 Å². The summed E-state index contributed by atoms with van der Waals surface area (Å²) in [5, 5.41) is 22.9. The van der Waals surface area contributed by atoms with E-state index >= 15 is 0 Å². The molecule has 0 unspecified atom stereocenters. The largest absolute Gasteiger partial charge is 0.480 e. The van der Waals surface area contributed by atoms with Gasteiger partial charge in [0.25, 0.3) is 0 Å². The van der Waals surface area contributed by atoms with E-state index in [1.165, 1.54) is 11.8 Å². The smallest absolute Gasteiger partial charge is 0.408 e. The Labute approximate surface area is 149 Å². The number of benzene rings is 1. The van der Waals surface area contributed by atoms with Crippen molar-refractivity contribution >= 4 is 29.7 Å². The van der Waals surface area contributed by atoms with E-state index in [2.05, 4.69) is 10.6 Å². The van der Waals surface area contributed by atoms with Crippen LogP contribution in [0.2, 0.25) is 0 Å². The van der Waals surface area contributed by atoms with E-state index in [9.17, 15) is 19.5 Å². The third-order valence-corrected chi connectivity index (χ3v) is 3.87. The molecule has 8 nitrogen and oxygen atoms in total. The van der Waals surface area contributed by atoms with Gasteiger partial charge in [-0.3, -0.25) is 4.79 Å². The molecule has 0 aliphatic rings. The van der Waals surface area contributed by atoms with Crippen LogP contribution in [0.5, 0.6) is 0 Å². The second-order valence-corrected chi connectivity index (χ2v) is 6.11.